The van der Waals surface area contributed by atoms with Gasteiger partial charge in [-0.15, -0.1) is 0 Å². The molecule has 54 heavy (non-hydrogen) atoms. The highest BCUT2D eigenvalue weighted by Gasteiger charge is 2.29. The highest BCUT2D eigenvalue weighted by atomic mass is 15.2. The van der Waals surface area contributed by atoms with Gasteiger partial charge in [0.25, 0.3) is 0 Å². The molecule has 10 heteroatoms. The van der Waals surface area contributed by atoms with Gasteiger partial charge in [0.1, 0.15) is 22.9 Å². The van der Waals surface area contributed by atoms with Crippen molar-refractivity contribution >= 4 is 33.4 Å². The quantitative estimate of drug-likeness (QED) is 0.185. The van der Waals surface area contributed by atoms with Crippen LogP contribution < -0.4 is 0 Å². The first-order chi connectivity index (χ1) is 26.7. The van der Waals surface area contributed by atoms with Gasteiger partial charge in [-0.1, -0.05) is 12.1 Å². The SMILES string of the molecule is c1cn2cc(-c3ccc4c(c3)nc3n4CCCN4CCCC4C3)ccc2n1.c1cn2cc(-c3ccc4c(c3)nc3n4CCCN4CCCC4C3)ccc2n1. The number of hydrogen-bond donors (Lipinski definition) is 0. The number of aromatic nitrogens is 8. The topological polar surface area (TPSA) is 76.7 Å². The van der Waals surface area contributed by atoms with Crippen molar-refractivity contribution in [3.05, 3.63) is 109 Å². The van der Waals surface area contributed by atoms with E-state index in [1.54, 1.807) is 0 Å². The van der Waals surface area contributed by atoms with E-state index in [0.29, 0.717) is 12.1 Å². The summed E-state index contributed by atoms with van der Waals surface area (Å²) in [6, 6.07) is 23.3. The highest BCUT2D eigenvalue weighted by Crippen LogP contribution is 2.31. The Morgan fingerprint density at radius 2 is 0.944 bits per heavy atom. The first-order valence-electron chi connectivity index (χ1n) is 20.0. The van der Waals surface area contributed by atoms with Crippen LogP contribution in [-0.4, -0.2) is 85.9 Å². The Kier molecular flexibility index (Phi) is 7.86. The third kappa shape index (κ3) is 5.70. The minimum atomic E-state index is 0.684. The Bertz CT molecular complexity index is 2460. The van der Waals surface area contributed by atoms with Crippen LogP contribution in [0.2, 0.25) is 0 Å². The molecule has 2 aromatic carbocycles. The highest BCUT2D eigenvalue weighted by molar-refractivity contribution is 5.84. The molecule has 4 aliphatic rings. The lowest BCUT2D eigenvalue weighted by Crippen LogP contribution is -2.35. The summed E-state index contributed by atoms with van der Waals surface area (Å²) in [5, 5.41) is 0. The van der Waals surface area contributed by atoms with E-state index in [1.807, 2.05) is 24.8 Å². The first kappa shape index (κ1) is 32.1. The number of hydrogen-bond acceptors (Lipinski definition) is 6. The van der Waals surface area contributed by atoms with Crippen molar-refractivity contribution in [2.24, 2.45) is 0 Å². The molecule has 0 N–H and O–H groups in total. The van der Waals surface area contributed by atoms with E-state index in [1.165, 1.54) is 110 Å². The van der Waals surface area contributed by atoms with E-state index in [9.17, 15) is 0 Å². The van der Waals surface area contributed by atoms with Crippen molar-refractivity contribution in [1.29, 1.82) is 0 Å². The molecule has 8 aromatic rings. The van der Waals surface area contributed by atoms with Crippen LogP contribution in [0.15, 0.2) is 97.8 Å². The third-order valence-electron chi connectivity index (χ3n) is 12.6. The molecule has 2 unspecified atom stereocenters. The summed E-state index contributed by atoms with van der Waals surface area (Å²) in [4.78, 5) is 24.2. The molecule has 0 spiro atoms. The maximum atomic E-state index is 5.07. The molecule has 10 heterocycles. The summed E-state index contributed by atoms with van der Waals surface area (Å²) in [6.07, 6.45) is 21.9. The molecule has 0 aliphatic carbocycles. The monoisotopic (exact) mass is 714 g/mol. The Labute approximate surface area is 314 Å². The van der Waals surface area contributed by atoms with Crippen LogP contribution >= 0.6 is 0 Å². The second-order valence-electron chi connectivity index (χ2n) is 15.8. The third-order valence-corrected chi connectivity index (χ3v) is 12.6. The molecule has 12 rings (SSSR count). The number of pyridine rings is 2. The average molecular weight is 715 g/mol. The van der Waals surface area contributed by atoms with Crippen LogP contribution in [0.3, 0.4) is 0 Å². The molecule has 2 fully saturated rings. The maximum absolute atomic E-state index is 5.07. The van der Waals surface area contributed by atoms with Crippen LogP contribution in [0.4, 0.5) is 0 Å². The number of rotatable bonds is 2. The standard InChI is InChI=1S/2C22H23N5/c2*1-3-18-14-22-24-19-13-16(17-5-7-21-23-8-12-26(21)15-17)4-6-20(19)27(22)11-2-10-25(18)9-1/h2*4-8,12-13,15,18H,1-3,9-11,14H2. The van der Waals surface area contributed by atoms with Crippen molar-refractivity contribution in [3.63, 3.8) is 0 Å². The molecule has 2 saturated heterocycles. The molecule has 2 atom stereocenters. The Hall–Kier alpha value is -5.32. The van der Waals surface area contributed by atoms with E-state index in [2.05, 4.69) is 111 Å². The average Bonchev–Trinajstić information content (AvgIpc) is 4.05. The molecule has 4 aliphatic heterocycles. The predicted octanol–water partition coefficient (Wildman–Crippen LogP) is 7.52. The van der Waals surface area contributed by atoms with Crippen molar-refractivity contribution < 1.29 is 0 Å². The van der Waals surface area contributed by atoms with Gasteiger partial charge >= 0.3 is 0 Å². The zero-order valence-electron chi connectivity index (χ0n) is 30.8. The summed E-state index contributed by atoms with van der Waals surface area (Å²) in [5.41, 5.74) is 11.6. The molecule has 10 nitrogen and oxygen atoms in total. The van der Waals surface area contributed by atoms with Crippen LogP contribution in [0, 0.1) is 0 Å². The smallest absolute Gasteiger partial charge is 0.136 e. The van der Waals surface area contributed by atoms with Crippen LogP contribution in [0.5, 0.6) is 0 Å². The molecule has 0 bridgehead atoms. The lowest BCUT2D eigenvalue weighted by Gasteiger charge is -2.27. The summed E-state index contributed by atoms with van der Waals surface area (Å²) in [5.74, 6) is 2.53. The molecular weight excluding hydrogens is 669 g/mol. The molecule has 0 radical (unpaired) electrons. The van der Waals surface area contributed by atoms with Crippen LogP contribution in [0.25, 0.3) is 55.6 Å². The van der Waals surface area contributed by atoms with Crippen molar-refractivity contribution in [1.82, 2.24) is 47.7 Å². The molecule has 6 aromatic heterocycles. The minimum absolute atomic E-state index is 0.684. The van der Waals surface area contributed by atoms with E-state index in [0.717, 1.165) is 48.3 Å². The predicted molar refractivity (Wildman–Crippen MR) is 214 cm³/mol. The largest absolute Gasteiger partial charge is 0.328 e. The van der Waals surface area contributed by atoms with Gasteiger partial charge < -0.3 is 17.9 Å². The van der Waals surface area contributed by atoms with Gasteiger partial charge in [-0.2, -0.15) is 0 Å². The summed E-state index contributed by atoms with van der Waals surface area (Å²) >= 11 is 0. The van der Waals surface area contributed by atoms with Gasteiger partial charge in [-0.05, 0) is 122 Å². The van der Waals surface area contributed by atoms with Crippen molar-refractivity contribution in [2.45, 2.75) is 76.5 Å². The number of imidazole rings is 4. The maximum Gasteiger partial charge on any atom is 0.136 e. The minimum Gasteiger partial charge on any atom is -0.328 e. The Balaban J connectivity index is 0.000000126. The van der Waals surface area contributed by atoms with E-state index in [4.69, 9.17) is 9.97 Å². The van der Waals surface area contributed by atoms with Crippen LogP contribution in [-0.2, 0) is 25.9 Å². The van der Waals surface area contributed by atoms with Gasteiger partial charge in [0.15, 0.2) is 0 Å². The number of aryl methyl sites for hydroxylation is 2. The van der Waals surface area contributed by atoms with Gasteiger partial charge in [0.05, 0.1) is 22.1 Å². The van der Waals surface area contributed by atoms with Gasteiger partial charge in [-0.25, -0.2) is 19.9 Å². The fraction of sp³-hybridized carbons (Fsp3) is 0.364. The zero-order chi connectivity index (χ0) is 35.6. The first-order valence-corrected chi connectivity index (χ1v) is 20.0. The molecule has 0 amide bonds. The normalized spacial score (nSPS) is 20.5. The zero-order valence-corrected chi connectivity index (χ0v) is 30.8. The Morgan fingerprint density at radius 1 is 0.481 bits per heavy atom. The number of nitrogens with zero attached hydrogens (tertiary/aromatic N) is 10. The number of benzene rings is 2. The summed E-state index contributed by atoms with van der Waals surface area (Å²) in [7, 11) is 0. The van der Waals surface area contributed by atoms with E-state index < -0.39 is 0 Å². The molecular formula is C44H46N10. The number of fused-ring (bicyclic) bond motifs is 10. The second kappa shape index (κ2) is 13.2. The molecule has 0 saturated carbocycles. The second-order valence-corrected chi connectivity index (χ2v) is 15.8. The van der Waals surface area contributed by atoms with Gasteiger partial charge in [0.2, 0.25) is 0 Å². The van der Waals surface area contributed by atoms with Crippen molar-refractivity contribution in [3.8, 4) is 22.3 Å². The fourth-order valence-electron chi connectivity index (χ4n) is 9.84. The van der Waals surface area contributed by atoms with Gasteiger partial charge in [0, 0.05) is 88.3 Å². The Morgan fingerprint density at radius 3 is 1.44 bits per heavy atom. The molecule has 272 valence electrons. The van der Waals surface area contributed by atoms with Crippen LogP contribution in [0.1, 0.15) is 50.2 Å². The fourth-order valence-corrected chi connectivity index (χ4v) is 9.84. The van der Waals surface area contributed by atoms with Gasteiger partial charge in [-0.3, -0.25) is 9.80 Å². The lowest BCUT2D eigenvalue weighted by atomic mass is 10.1. The summed E-state index contributed by atoms with van der Waals surface area (Å²) in [6.45, 7) is 7.15. The summed E-state index contributed by atoms with van der Waals surface area (Å²) < 4.78 is 9.07. The van der Waals surface area contributed by atoms with Crippen molar-refractivity contribution in [2.75, 3.05) is 26.2 Å². The lowest BCUT2D eigenvalue weighted by molar-refractivity contribution is 0.231. The van der Waals surface area contributed by atoms with E-state index in [-0.39, 0.29) is 0 Å². The van der Waals surface area contributed by atoms with E-state index >= 15 is 0 Å².